The van der Waals surface area contributed by atoms with Gasteiger partial charge in [-0.2, -0.15) is 0 Å². The van der Waals surface area contributed by atoms with Crippen LogP contribution < -0.4 is 4.74 Å². The Morgan fingerprint density at radius 1 is 1.05 bits per heavy atom. The maximum absolute atomic E-state index is 6.35. The van der Waals surface area contributed by atoms with E-state index in [1.54, 1.807) is 0 Å². The molecule has 114 valence electrons. The lowest BCUT2D eigenvalue weighted by Gasteiger charge is -2.33. The molecule has 3 aliphatic carbocycles. The second kappa shape index (κ2) is 5.64. The molecule has 2 bridgehead atoms. The Morgan fingerprint density at radius 2 is 1.86 bits per heavy atom. The molecule has 0 radical (unpaired) electrons. The predicted molar refractivity (Wildman–Crippen MR) is 83.3 cm³/mol. The first kappa shape index (κ1) is 13.6. The van der Waals surface area contributed by atoms with Gasteiger partial charge in [0.05, 0.1) is 12.2 Å². The van der Waals surface area contributed by atoms with E-state index in [9.17, 15) is 0 Å². The van der Waals surface area contributed by atoms with E-state index >= 15 is 0 Å². The van der Waals surface area contributed by atoms with E-state index in [-0.39, 0.29) is 6.10 Å². The van der Waals surface area contributed by atoms with Crippen LogP contribution in [0.15, 0.2) is 30.3 Å². The van der Waals surface area contributed by atoms with E-state index in [1.165, 1.54) is 32.1 Å². The van der Waals surface area contributed by atoms with Gasteiger partial charge in [0.1, 0.15) is 12.4 Å². The average molecular weight is 286 g/mol. The summed E-state index contributed by atoms with van der Waals surface area (Å²) in [6.07, 6.45) is 7.85. The highest BCUT2D eigenvalue weighted by atomic mass is 16.5. The molecule has 2 nitrogen and oxygen atoms in total. The van der Waals surface area contributed by atoms with E-state index in [0.717, 1.165) is 29.4 Å². The van der Waals surface area contributed by atoms with Crippen molar-refractivity contribution in [2.45, 2.75) is 51.2 Å². The Bertz CT molecular complexity index is 472. The Labute approximate surface area is 127 Å². The molecule has 4 rings (SSSR count). The lowest BCUT2D eigenvalue weighted by atomic mass is 9.80. The standard InChI is InChI=1S/C19H26O2/c1-13(12-20-15-6-3-2-4-7-15)21-19-11-14-10-18(19)17-9-5-8-16(14)17/h2-4,6-7,13-14,16-19H,5,8-12H2,1H3. The van der Waals surface area contributed by atoms with Crippen molar-refractivity contribution in [1.82, 2.24) is 0 Å². The van der Waals surface area contributed by atoms with Gasteiger partial charge in [0.15, 0.2) is 0 Å². The predicted octanol–water partition coefficient (Wildman–Crippen LogP) is 4.30. The fourth-order valence-electron chi connectivity index (χ4n) is 5.23. The lowest BCUT2D eigenvalue weighted by Crippen LogP contribution is -2.34. The molecule has 0 amide bonds. The van der Waals surface area contributed by atoms with E-state index in [2.05, 4.69) is 6.92 Å². The van der Waals surface area contributed by atoms with Gasteiger partial charge in [0.25, 0.3) is 0 Å². The molecule has 6 unspecified atom stereocenters. The quantitative estimate of drug-likeness (QED) is 0.803. The Kier molecular flexibility index (Phi) is 3.66. The highest BCUT2D eigenvalue weighted by Crippen LogP contribution is 2.59. The molecule has 0 saturated heterocycles. The van der Waals surface area contributed by atoms with E-state index in [1.807, 2.05) is 30.3 Å². The van der Waals surface area contributed by atoms with Crippen LogP contribution in [-0.2, 0) is 4.74 Å². The van der Waals surface area contributed by atoms with Gasteiger partial charge < -0.3 is 9.47 Å². The van der Waals surface area contributed by atoms with Crippen LogP contribution in [0, 0.1) is 23.7 Å². The zero-order valence-corrected chi connectivity index (χ0v) is 12.9. The first-order chi connectivity index (χ1) is 10.3. The van der Waals surface area contributed by atoms with Crippen LogP contribution in [0.4, 0.5) is 0 Å². The van der Waals surface area contributed by atoms with Gasteiger partial charge in [-0.15, -0.1) is 0 Å². The number of hydrogen-bond acceptors (Lipinski definition) is 2. The fraction of sp³-hybridized carbons (Fsp3) is 0.684. The van der Waals surface area contributed by atoms with Crippen molar-refractivity contribution in [3.8, 4) is 5.75 Å². The second-order valence-electron chi connectivity index (χ2n) is 7.26. The maximum Gasteiger partial charge on any atom is 0.119 e. The monoisotopic (exact) mass is 286 g/mol. The van der Waals surface area contributed by atoms with Gasteiger partial charge in [0, 0.05) is 0 Å². The van der Waals surface area contributed by atoms with Crippen LogP contribution in [0.2, 0.25) is 0 Å². The maximum atomic E-state index is 6.35. The van der Waals surface area contributed by atoms with Crippen LogP contribution in [-0.4, -0.2) is 18.8 Å². The molecule has 0 aromatic heterocycles. The molecule has 6 atom stereocenters. The van der Waals surface area contributed by atoms with Crippen molar-refractivity contribution >= 4 is 0 Å². The van der Waals surface area contributed by atoms with Gasteiger partial charge >= 0.3 is 0 Å². The van der Waals surface area contributed by atoms with Crippen molar-refractivity contribution in [3.05, 3.63) is 30.3 Å². The minimum Gasteiger partial charge on any atom is -0.491 e. The highest BCUT2D eigenvalue weighted by Gasteiger charge is 2.54. The van der Waals surface area contributed by atoms with Crippen LogP contribution in [0.25, 0.3) is 0 Å². The number of ether oxygens (including phenoxy) is 2. The molecule has 2 heteroatoms. The van der Waals surface area contributed by atoms with Crippen LogP contribution >= 0.6 is 0 Å². The molecule has 0 spiro atoms. The van der Waals surface area contributed by atoms with Crippen LogP contribution in [0.5, 0.6) is 5.75 Å². The summed E-state index contributed by atoms with van der Waals surface area (Å²) in [6.45, 7) is 2.81. The summed E-state index contributed by atoms with van der Waals surface area (Å²) < 4.78 is 12.2. The molecular formula is C19H26O2. The summed E-state index contributed by atoms with van der Waals surface area (Å²) in [5.41, 5.74) is 0. The van der Waals surface area contributed by atoms with Gasteiger partial charge in [-0.3, -0.25) is 0 Å². The zero-order chi connectivity index (χ0) is 14.2. The van der Waals surface area contributed by atoms with Crippen molar-refractivity contribution in [1.29, 1.82) is 0 Å². The SMILES string of the molecule is CC(COc1ccccc1)OC1CC2CC1C1CCCC21. The molecule has 3 aliphatic rings. The third-order valence-corrected chi connectivity index (χ3v) is 6.00. The summed E-state index contributed by atoms with van der Waals surface area (Å²) >= 11 is 0. The topological polar surface area (TPSA) is 18.5 Å². The first-order valence-electron chi connectivity index (χ1n) is 8.64. The lowest BCUT2D eigenvalue weighted by molar-refractivity contribution is -0.0644. The summed E-state index contributed by atoms with van der Waals surface area (Å²) in [5.74, 6) is 4.79. The van der Waals surface area contributed by atoms with Crippen molar-refractivity contribution < 1.29 is 9.47 Å². The summed E-state index contributed by atoms with van der Waals surface area (Å²) in [5, 5.41) is 0. The van der Waals surface area contributed by atoms with Crippen molar-refractivity contribution in [2.75, 3.05) is 6.61 Å². The summed E-state index contributed by atoms with van der Waals surface area (Å²) in [4.78, 5) is 0. The molecule has 0 N–H and O–H groups in total. The molecule has 3 fully saturated rings. The third kappa shape index (κ3) is 2.59. The number of hydrogen-bond donors (Lipinski definition) is 0. The fourth-order valence-corrected chi connectivity index (χ4v) is 5.23. The van der Waals surface area contributed by atoms with Crippen molar-refractivity contribution in [2.24, 2.45) is 23.7 Å². The minimum atomic E-state index is 0.189. The van der Waals surface area contributed by atoms with E-state index in [0.29, 0.717) is 12.7 Å². The highest BCUT2D eigenvalue weighted by molar-refractivity contribution is 5.20. The Hall–Kier alpha value is -1.02. The van der Waals surface area contributed by atoms with Crippen LogP contribution in [0.1, 0.15) is 39.0 Å². The van der Waals surface area contributed by atoms with E-state index in [4.69, 9.17) is 9.47 Å². The molecular weight excluding hydrogens is 260 g/mol. The van der Waals surface area contributed by atoms with Gasteiger partial charge in [-0.05, 0) is 68.4 Å². The normalized spacial score (nSPS) is 38.4. The minimum absolute atomic E-state index is 0.189. The zero-order valence-electron chi connectivity index (χ0n) is 12.9. The van der Waals surface area contributed by atoms with Gasteiger partial charge in [-0.1, -0.05) is 24.6 Å². The number of fused-ring (bicyclic) bond motifs is 5. The summed E-state index contributed by atoms with van der Waals surface area (Å²) in [6, 6.07) is 10.1. The Morgan fingerprint density at radius 3 is 2.71 bits per heavy atom. The largest absolute Gasteiger partial charge is 0.491 e. The number of benzene rings is 1. The van der Waals surface area contributed by atoms with Crippen LogP contribution in [0.3, 0.4) is 0 Å². The third-order valence-electron chi connectivity index (χ3n) is 6.00. The first-order valence-corrected chi connectivity index (χ1v) is 8.64. The summed E-state index contributed by atoms with van der Waals surface area (Å²) in [7, 11) is 0. The number of para-hydroxylation sites is 1. The molecule has 3 saturated carbocycles. The van der Waals surface area contributed by atoms with E-state index < -0.39 is 0 Å². The second-order valence-corrected chi connectivity index (χ2v) is 7.26. The molecule has 1 aromatic carbocycles. The molecule has 1 aromatic rings. The smallest absolute Gasteiger partial charge is 0.119 e. The Balaban J connectivity index is 1.29. The number of rotatable bonds is 5. The average Bonchev–Trinajstić information content (AvgIpc) is 3.18. The molecule has 21 heavy (non-hydrogen) atoms. The van der Waals surface area contributed by atoms with Gasteiger partial charge in [-0.25, -0.2) is 0 Å². The van der Waals surface area contributed by atoms with Gasteiger partial charge in [0.2, 0.25) is 0 Å². The molecule has 0 heterocycles. The van der Waals surface area contributed by atoms with Crippen molar-refractivity contribution in [3.63, 3.8) is 0 Å². The molecule has 0 aliphatic heterocycles.